The number of carboxylic acid groups (broad SMARTS) is 2. The Labute approximate surface area is 193 Å². The fraction of sp³-hybridized carbons (Fsp3) is 0.923. The van der Waals surface area contributed by atoms with Gasteiger partial charge in [-0.15, -0.1) is 0 Å². The Morgan fingerprint density at radius 2 is 0.806 bits per heavy atom. The lowest BCUT2D eigenvalue weighted by atomic mass is 10.1. The SMILES string of the molecule is CCCCCCCCCC[N+](C)(C)CCCCCCCC.O=C(O)CCCCC(=O)O. The quantitative estimate of drug-likeness (QED) is 0.144. The molecule has 0 atom stereocenters. The van der Waals surface area contributed by atoms with Crippen LogP contribution in [0.25, 0.3) is 0 Å². The first-order chi connectivity index (χ1) is 14.7. The van der Waals surface area contributed by atoms with Crippen molar-refractivity contribution in [1.82, 2.24) is 0 Å². The number of rotatable bonds is 21. The van der Waals surface area contributed by atoms with E-state index in [2.05, 4.69) is 27.9 Å². The number of nitrogens with zero attached hydrogens (tertiary/aromatic N) is 1. The second-order valence-corrected chi connectivity index (χ2v) is 9.62. The first-order valence-corrected chi connectivity index (χ1v) is 13.0. The van der Waals surface area contributed by atoms with Gasteiger partial charge in [0.1, 0.15) is 0 Å². The van der Waals surface area contributed by atoms with Crippen molar-refractivity contribution in [3.8, 4) is 0 Å². The number of carbonyl (C=O) groups is 2. The lowest BCUT2D eigenvalue weighted by Gasteiger charge is -2.30. The van der Waals surface area contributed by atoms with Crippen LogP contribution in [0.4, 0.5) is 0 Å². The molecule has 0 saturated carbocycles. The predicted molar refractivity (Wildman–Crippen MR) is 132 cm³/mol. The van der Waals surface area contributed by atoms with Gasteiger partial charge >= 0.3 is 11.9 Å². The molecule has 0 aliphatic carbocycles. The van der Waals surface area contributed by atoms with Crippen LogP contribution in [0, 0.1) is 0 Å². The van der Waals surface area contributed by atoms with Gasteiger partial charge in [-0.25, -0.2) is 0 Å². The molecule has 0 heterocycles. The smallest absolute Gasteiger partial charge is 0.303 e. The predicted octanol–water partition coefficient (Wildman–Crippen LogP) is 7.28. The number of carboxylic acids is 2. The summed E-state index contributed by atoms with van der Waals surface area (Å²) in [7, 11) is 4.85. The van der Waals surface area contributed by atoms with E-state index in [9.17, 15) is 9.59 Å². The molecule has 0 radical (unpaired) electrons. The van der Waals surface area contributed by atoms with Gasteiger partial charge in [0.2, 0.25) is 0 Å². The van der Waals surface area contributed by atoms with Crippen LogP contribution in [0.5, 0.6) is 0 Å². The second-order valence-electron chi connectivity index (χ2n) is 9.62. The van der Waals surface area contributed by atoms with Crippen molar-refractivity contribution in [2.24, 2.45) is 0 Å². The molecule has 5 heteroatoms. The van der Waals surface area contributed by atoms with Crippen LogP contribution in [0.15, 0.2) is 0 Å². The molecule has 0 saturated heterocycles. The Kier molecular flexibility index (Phi) is 24.4. The van der Waals surface area contributed by atoms with E-state index >= 15 is 0 Å². The summed E-state index contributed by atoms with van der Waals surface area (Å²) >= 11 is 0. The lowest BCUT2D eigenvalue weighted by molar-refractivity contribution is -0.890. The third-order valence-corrected chi connectivity index (χ3v) is 5.77. The van der Waals surface area contributed by atoms with Gasteiger partial charge in [-0.2, -0.15) is 0 Å². The van der Waals surface area contributed by atoms with E-state index in [1.54, 1.807) is 0 Å². The highest BCUT2D eigenvalue weighted by Gasteiger charge is 2.13. The number of quaternary nitrogens is 1. The summed E-state index contributed by atoms with van der Waals surface area (Å²) in [6.45, 7) is 7.35. The van der Waals surface area contributed by atoms with Crippen LogP contribution < -0.4 is 0 Å². The topological polar surface area (TPSA) is 74.6 Å². The Hall–Kier alpha value is -1.10. The molecule has 0 aliphatic rings. The average Bonchev–Trinajstić information content (AvgIpc) is 2.70. The highest BCUT2D eigenvalue weighted by atomic mass is 16.4. The standard InChI is InChI=1S/C20H44N.C6H10O4/c1-5-7-9-11-13-14-16-18-20-21(3,4)19-17-15-12-10-8-6-2;7-5(8)3-1-2-4-6(9)10/h5-20H2,1-4H3;1-4H2,(H,7,8)(H,9,10)/q+1;. The maximum Gasteiger partial charge on any atom is 0.303 e. The van der Waals surface area contributed by atoms with Gasteiger partial charge in [-0.3, -0.25) is 9.59 Å². The van der Waals surface area contributed by atoms with Crippen LogP contribution in [-0.4, -0.2) is 53.8 Å². The van der Waals surface area contributed by atoms with Crippen LogP contribution in [-0.2, 0) is 9.59 Å². The molecule has 0 aromatic carbocycles. The first kappa shape index (κ1) is 32.1. The van der Waals surface area contributed by atoms with E-state index in [0.717, 1.165) is 0 Å². The van der Waals surface area contributed by atoms with Gasteiger partial charge in [0.25, 0.3) is 0 Å². The fourth-order valence-corrected chi connectivity index (χ4v) is 3.66. The Balaban J connectivity index is 0. The number of aliphatic carboxylic acids is 2. The molecule has 186 valence electrons. The van der Waals surface area contributed by atoms with E-state index in [1.165, 1.54) is 107 Å². The monoisotopic (exact) mass is 444 g/mol. The molecule has 0 bridgehead atoms. The molecular formula is C26H54NO4+. The minimum atomic E-state index is -0.870. The van der Waals surface area contributed by atoms with Crippen molar-refractivity contribution in [3.63, 3.8) is 0 Å². The van der Waals surface area contributed by atoms with Crippen LogP contribution in [0.2, 0.25) is 0 Å². The Morgan fingerprint density at radius 3 is 1.10 bits per heavy atom. The van der Waals surface area contributed by atoms with Gasteiger partial charge in [0.05, 0.1) is 27.2 Å². The summed E-state index contributed by atoms with van der Waals surface area (Å²) in [6, 6.07) is 0. The molecule has 0 rings (SSSR count). The Morgan fingerprint density at radius 1 is 0.516 bits per heavy atom. The van der Waals surface area contributed by atoms with Crippen LogP contribution in [0.3, 0.4) is 0 Å². The van der Waals surface area contributed by atoms with Crippen molar-refractivity contribution in [3.05, 3.63) is 0 Å². The number of hydrogen-bond donors (Lipinski definition) is 2. The third-order valence-electron chi connectivity index (χ3n) is 5.77. The maximum atomic E-state index is 9.90. The van der Waals surface area contributed by atoms with Gasteiger partial charge in [0.15, 0.2) is 0 Å². The largest absolute Gasteiger partial charge is 0.481 e. The number of unbranched alkanes of at least 4 members (excludes halogenated alkanes) is 13. The molecule has 0 fully saturated rings. The van der Waals surface area contributed by atoms with E-state index in [0.29, 0.717) is 12.8 Å². The van der Waals surface area contributed by atoms with Crippen LogP contribution >= 0.6 is 0 Å². The molecular weight excluding hydrogens is 390 g/mol. The summed E-state index contributed by atoms with van der Waals surface area (Å²) in [6.07, 6.45) is 21.1. The summed E-state index contributed by atoms with van der Waals surface area (Å²) in [5.41, 5.74) is 0. The van der Waals surface area contributed by atoms with Gasteiger partial charge in [0, 0.05) is 12.8 Å². The maximum absolute atomic E-state index is 9.90. The number of hydrogen-bond acceptors (Lipinski definition) is 2. The molecule has 0 spiro atoms. The van der Waals surface area contributed by atoms with Gasteiger partial charge in [-0.1, -0.05) is 78.1 Å². The zero-order chi connectivity index (χ0) is 23.8. The minimum Gasteiger partial charge on any atom is -0.481 e. The van der Waals surface area contributed by atoms with Crippen molar-refractivity contribution < 1.29 is 24.3 Å². The van der Waals surface area contributed by atoms with Crippen molar-refractivity contribution in [2.75, 3.05) is 27.2 Å². The third kappa shape index (κ3) is 31.2. The summed E-state index contributed by atoms with van der Waals surface area (Å²) in [5.74, 6) is -1.74. The van der Waals surface area contributed by atoms with E-state index in [-0.39, 0.29) is 12.8 Å². The normalized spacial score (nSPS) is 11.1. The molecule has 0 aliphatic heterocycles. The van der Waals surface area contributed by atoms with Crippen molar-refractivity contribution >= 4 is 11.9 Å². The summed E-state index contributed by atoms with van der Waals surface area (Å²) in [4.78, 5) is 19.8. The zero-order valence-corrected chi connectivity index (χ0v) is 21.3. The van der Waals surface area contributed by atoms with E-state index < -0.39 is 11.9 Å². The fourth-order valence-electron chi connectivity index (χ4n) is 3.66. The van der Waals surface area contributed by atoms with E-state index in [1.807, 2.05) is 0 Å². The van der Waals surface area contributed by atoms with Crippen LogP contribution in [0.1, 0.15) is 129 Å². The lowest BCUT2D eigenvalue weighted by Crippen LogP contribution is -2.41. The van der Waals surface area contributed by atoms with Crippen molar-refractivity contribution in [1.29, 1.82) is 0 Å². The molecule has 0 amide bonds. The van der Waals surface area contributed by atoms with E-state index in [4.69, 9.17) is 10.2 Å². The van der Waals surface area contributed by atoms with Gasteiger partial charge in [-0.05, 0) is 38.5 Å². The average molecular weight is 445 g/mol. The molecule has 0 aromatic heterocycles. The summed E-state index contributed by atoms with van der Waals surface area (Å²) < 4.78 is 1.24. The minimum absolute atomic E-state index is 0.0628. The van der Waals surface area contributed by atoms with Gasteiger partial charge < -0.3 is 14.7 Å². The second kappa shape index (κ2) is 23.6. The Bertz CT molecular complexity index is 394. The molecule has 2 N–H and O–H groups in total. The first-order valence-electron chi connectivity index (χ1n) is 13.0. The zero-order valence-electron chi connectivity index (χ0n) is 21.3. The highest BCUT2D eigenvalue weighted by Crippen LogP contribution is 2.12. The summed E-state index contributed by atoms with van der Waals surface area (Å²) in [5, 5.41) is 16.3. The molecule has 5 nitrogen and oxygen atoms in total. The molecule has 0 unspecified atom stereocenters. The van der Waals surface area contributed by atoms with Crippen molar-refractivity contribution in [2.45, 2.75) is 129 Å². The highest BCUT2D eigenvalue weighted by molar-refractivity contribution is 5.67. The molecule has 31 heavy (non-hydrogen) atoms. The molecule has 0 aromatic rings.